The van der Waals surface area contributed by atoms with E-state index in [2.05, 4.69) is 39.1 Å². The topological polar surface area (TPSA) is 48.9 Å². The summed E-state index contributed by atoms with van der Waals surface area (Å²) < 4.78 is 5.60. The number of pyridine rings is 1. The molecule has 2 aromatic rings. The molecule has 6 heteroatoms. The summed E-state index contributed by atoms with van der Waals surface area (Å²) in [4.78, 5) is 23.4. The van der Waals surface area contributed by atoms with Gasteiger partial charge in [0.15, 0.2) is 0 Å². The van der Waals surface area contributed by atoms with Gasteiger partial charge in [-0.2, -0.15) is 0 Å². The van der Waals surface area contributed by atoms with Crippen molar-refractivity contribution in [2.75, 3.05) is 39.3 Å². The molecule has 0 N–H and O–H groups in total. The fourth-order valence-electron chi connectivity index (χ4n) is 4.72. The minimum absolute atomic E-state index is 0.162. The zero-order chi connectivity index (χ0) is 21.8. The number of allylic oxidation sites excluding steroid dienone is 2. The lowest BCUT2D eigenvalue weighted by atomic mass is 9.98. The van der Waals surface area contributed by atoms with Crippen LogP contribution in [0.25, 0.3) is 0 Å². The van der Waals surface area contributed by atoms with E-state index in [1.165, 1.54) is 11.3 Å². The molecule has 3 heterocycles. The Hall–Kier alpha value is -3.12. The van der Waals surface area contributed by atoms with Gasteiger partial charge < -0.3 is 14.5 Å². The number of benzene rings is 1. The lowest BCUT2D eigenvalue weighted by Gasteiger charge is -2.37. The Morgan fingerprint density at radius 2 is 1.88 bits per heavy atom. The van der Waals surface area contributed by atoms with Crippen molar-refractivity contribution in [3.05, 3.63) is 89.9 Å². The van der Waals surface area contributed by atoms with Crippen LogP contribution in [-0.2, 0) is 11.3 Å². The van der Waals surface area contributed by atoms with E-state index in [-0.39, 0.29) is 12.2 Å². The van der Waals surface area contributed by atoms with Gasteiger partial charge in [-0.25, -0.2) is 4.79 Å². The summed E-state index contributed by atoms with van der Waals surface area (Å²) in [5.41, 5.74) is 3.65. The summed E-state index contributed by atoms with van der Waals surface area (Å²) in [5.74, 6) is 0.340. The molecule has 2 saturated heterocycles. The summed E-state index contributed by atoms with van der Waals surface area (Å²) >= 11 is 0. The number of rotatable bonds is 6. The van der Waals surface area contributed by atoms with Crippen molar-refractivity contribution in [3.8, 4) is 0 Å². The molecule has 6 nitrogen and oxygen atoms in total. The number of hydrogen-bond acceptors (Lipinski definition) is 5. The van der Waals surface area contributed by atoms with Crippen LogP contribution in [0, 0.1) is 5.92 Å². The van der Waals surface area contributed by atoms with Crippen molar-refractivity contribution in [3.63, 3.8) is 0 Å². The standard InChI is InChI=1S/C26H30N4O2/c31-26-30(20-25(32-26)23-6-2-1-3-7-23)19-21-8-10-24(11-9-21)29-15-13-28(14-16-29)18-22-5-4-12-27-17-22/h1-8,10-12,17,21,25H,9,13-16,18-20H2/t21?,25-/m0/s1. The minimum Gasteiger partial charge on any atom is -0.439 e. The second-order valence-corrected chi connectivity index (χ2v) is 8.80. The van der Waals surface area contributed by atoms with Crippen LogP contribution in [0.3, 0.4) is 0 Å². The van der Waals surface area contributed by atoms with Crippen LogP contribution in [0.2, 0.25) is 0 Å². The molecule has 1 unspecified atom stereocenters. The van der Waals surface area contributed by atoms with E-state index in [9.17, 15) is 4.79 Å². The van der Waals surface area contributed by atoms with Crippen molar-refractivity contribution in [1.82, 2.24) is 19.7 Å². The van der Waals surface area contributed by atoms with Gasteiger partial charge in [-0.3, -0.25) is 9.88 Å². The molecule has 1 aromatic heterocycles. The van der Waals surface area contributed by atoms with Crippen molar-refractivity contribution in [2.45, 2.75) is 19.1 Å². The van der Waals surface area contributed by atoms with Crippen LogP contribution < -0.4 is 0 Å². The van der Waals surface area contributed by atoms with Crippen LogP contribution in [0.4, 0.5) is 4.79 Å². The summed E-state index contributed by atoms with van der Waals surface area (Å²) in [6.45, 7) is 6.50. The summed E-state index contributed by atoms with van der Waals surface area (Å²) in [6, 6.07) is 14.1. The van der Waals surface area contributed by atoms with Gasteiger partial charge in [-0.1, -0.05) is 48.6 Å². The molecule has 2 atom stereocenters. The van der Waals surface area contributed by atoms with Crippen molar-refractivity contribution >= 4 is 6.09 Å². The Balaban J connectivity index is 1.09. The molecule has 1 amide bonds. The van der Waals surface area contributed by atoms with Crippen LogP contribution >= 0.6 is 0 Å². The van der Waals surface area contributed by atoms with E-state index in [4.69, 9.17) is 4.74 Å². The van der Waals surface area contributed by atoms with E-state index >= 15 is 0 Å². The van der Waals surface area contributed by atoms with Crippen LogP contribution in [0.15, 0.2) is 78.8 Å². The predicted molar refractivity (Wildman–Crippen MR) is 124 cm³/mol. The molecular weight excluding hydrogens is 400 g/mol. The van der Waals surface area contributed by atoms with Gasteiger partial charge in [0.1, 0.15) is 6.10 Å². The Labute approximate surface area is 189 Å². The number of nitrogens with zero attached hydrogens (tertiary/aromatic N) is 4. The van der Waals surface area contributed by atoms with E-state index in [0.717, 1.165) is 44.7 Å². The number of carbonyl (C=O) groups is 1. The third-order valence-corrected chi connectivity index (χ3v) is 6.55. The van der Waals surface area contributed by atoms with E-state index in [1.807, 2.05) is 53.7 Å². The molecule has 3 aliphatic rings. The van der Waals surface area contributed by atoms with Gasteiger partial charge in [-0.15, -0.1) is 0 Å². The number of cyclic esters (lactones) is 1. The summed E-state index contributed by atoms with van der Waals surface area (Å²) in [5, 5.41) is 0. The average Bonchev–Trinajstić information content (AvgIpc) is 3.21. The molecule has 166 valence electrons. The molecule has 1 aliphatic carbocycles. The normalized spacial score (nSPS) is 23.9. The number of hydrogen-bond donors (Lipinski definition) is 0. The molecule has 5 rings (SSSR count). The first kappa shape index (κ1) is 20.8. The number of aromatic nitrogens is 1. The summed E-state index contributed by atoms with van der Waals surface area (Å²) in [7, 11) is 0. The number of ether oxygens (including phenoxy) is 1. The second-order valence-electron chi connectivity index (χ2n) is 8.80. The quantitative estimate of drug-likeness (QED) is 0.697. The van der Waals surface area contributed by atoms with Gasteiger partial charge in [-0.05, 0) is 35.6 Å². The predicted octanol–water partition coefficient (Wildman–Crippen LogP) is 3.85. The van der Waals surface area contributed by atoms with Gasteiger partial charge in [0.2, 0.25) is 0 Å². The highest BCUT2D eigenvalue weighted by atomic mass is 16.6. The Morgan fingerprint density at radius 1 is 1.03 bits per heavy atom. The fraction of sp³-hybridized carbons (Fsp3) is 0.385. The molecule has 1 aromatic carbocycles. The Morgan fingerprint density at radius 3 is 2.59 bits per heavy atom. The van der Waals surface area contributed by atoms with Gasteiger partial charge in [0.05, 0.1) is 6.54 Å². The van der Waals surface area contributed by atoms with Crippen molar-refractivity contribution in [1.29, 1.82) is 0 Å². The van der Waals surface area contributed by atoms with E-state index < -0.39 is 0 Å². The average molecular weight is 431 g/mol. The van der Waals surface area contributed by atoms with Crippen molar-refractivity contribution < 1.29 is 9.53 Å². The van der Waals surface area contributed by atoms with Crippen LogP contribution in [0.1, 0.15) is 23.7 Å². The number of amides is 1. The van der Waals surface area contributed by atoms with Gasteiger partial charge >= 0.3 is 6.09 Å². The maximum atomic E-state index is 12.4. The molecular formula is C26H30N4O2. The fourth-order valence-corrected chi connectivity index (χ4v) is 4.72. The Kier molecular flexibility index (Phi) is 6.21. The largest absolute Gasteiger partial charge is 0.439 e. The van der Waals surface area contributed by atoms with Crippen molar-refractivity contribution in [2.24, 2.45) is 5.92 Å². The van der Waals surface area contributed by atoms with Gasteiger partial charge in [0.25, 0.3) is 0 Å². The van der Waals surface area contributed by atoms with E-state index in [0.29, 0.717) is 19.0 Å². The first-order valence-corrected chi connectivity index (χ1v) is 11.5. The number of piperazine rings is 1. The van der Waals surface area contributed by atoms with Crippen LogP contribution in [-0.4, -0.2) is 65.0 Å². The third kappa shape index (κ3) is 4.86. The zero-order valence-electron chi connectivity index (χ0n) is 18.3. The summed E-state index contributed by atoms with van der Waals surface area (Å²) in [6.07, 6.45) is 11.2. The molecule has 2 fully saturated rings. The highest BCUT2D eigenvalue weighted by Crippen LogP contribution is 2.28. The first-order chi connectivity index (χ1) is 15.7. The monoisotopic (exact) mass is 430 g/mol. The molecule has 32 heavy (non-hydrogen) atoms. The van der Waals surface area contributed by atoms with E-state index in [1.54, 1.807) is 0 Å². The molecule has 0 saturated carbocycles. The lowest BCUT2D eigenvalue weighted by molar-refractivity contribution is 0.131. The maximum Gasteiger partial charge on any atom is 0.410 e. The minimum atomic E-state index is -0.202. The second kappa shape index (κ2) is 9.57. The SMILES string of the molecule is O=C1O[C@H](c2ccccc2)CN1CC1C=CC(N2CCN(Cc3cccnc3)CC2)=CC1. The first-order valence-electron chi connectivity index (χ1n) is 11.5. The number of carbonyl (C=O) groups excluding carboxylic acids is 1. The molecule has 0 radical (unpaired) electrons. The zero-order valence-corrected chi connectivity index (χ0v) is 18.3. The highest BCUT2D eigenvalue weighted by Gasteiger charge is 2.33. The van der Waals surface area contributed by atoms with Gasteiger partial charge in [0, 0.05) is 57.4 Å². The smallest absolute Gasteiger partial charge is 0.410 e. The Bertz CT molecular complexity index is 968. The van der Waals surface area contributed by atoms with Crippen LogP contribution in [0.5, 0.6) is 0 Å². The molecule has 0 bridgehead atoms. The third-order valence-electron chi connectivity index (χ3n) is 6.55. The highest BCUT2D eigenvalue weighted by molar-refractivity contribution is 5.70. The lowest BCUT2D eigenvalue weighted by Crippen LogP contribution is -2.45. The maximum absolute atomic E-state index is 12.4. The molecule has 2 aliphatic heterocycles. The molecule has 0 spiro atoms.